The molecule has 1 amide bonds. The van der Waals surface area contributed by atoms with Gasteiger partial charge in [-0.05, 0) is 25.0 Å². The first-order valence-corrected chi connectivity index (χ1v) is 6.26. The zero-order valence-corrected chi connectivity index (χ0v) is 11.2. The van der Waals surface area contributed by atoms with Crippen LogP contribution in [0.2, 0.25) is 5.02 Å². The summed E-state index contributed by atoms with van der Waals surface area (Å²) in [5.74, 6) is -1.32. The Kier molecular flexibility index (Phi) is 5.11. The molecule has 5 heteroatoms. The minimum absolute atomic E-state index is 0.0881. The van der Waals surface area contributed by atoms with Crippen LogP contribution < -0.4 is 5.32 Å². The molecule has 0 aliphatic carbocycles. The van der Waals surface area contributed by atoms with E-state index in [0.717, 1.165) is 0 Å². The van der Waals surface area contributed by atoms with Crippen molar-refractivity contribution in [1.82, 2.24) is 5.32 Å². The lowest BCUT2D eigenvalue weighted by molar-refractivity contribution is 0.0313. The van der Waals surface area contributed by atoms with Crippen LogP contribution in [0.4, 0.5) is 4.39 Å². The van der Waals surface area contributed by atoms with Gasteiger partial charge in [0.05, 0.1) is 16.2 Å². The smallest absolute Gasteiger partial charge is 0.254 e. The van der Waals surface area contributed by atoms with Crippen molar-refractivity contribution in [3.8, 4) is 0 Å². The van der Waals surface area contributed by atoms with Crippen LogP contribution >= 0.6 is 11.6 Å². The van der Waals surface area contributed by atoms with Gasteiger partial charge in [-0.25, -0.2) is 4.39 Å². The Morgan fingerprint density at radius 3 is 2.61 bits per heavy atom. The van der Waals surface area contributed by atoms with Gasteiger partial charge >= 0.3 is 0 Å². The number of hydrogen-bond acceptors (Lipinski definition) is 2. The lowest BCUT2D eigenvalue weighted by atomic mass is 9.97. The predicted molar refractivity (Wildman–Crippen MR) is 69.3 cm³/mol. The molecule has 0 radical (unpaired) electrons. The largest absolute Gasteiger partial charge is 0.388 e. The van der Waals surface area contributed by atoms with Crippen LogP contribution in [0.25, 0.3) is 0 Å². The highest BCUT2D eigenvalue weighted by molar-refractivity contribution is 6.31. The molecule has 0 atom stereocenters. The van der Waals surface area contributed by atoms with E-state index in [4.69, 9.17) is 11.6 Å². The summed E-state index contributed by atoms with van der Waals surface area (Å²) in [6.07, 6.45) is 1.03. The van der Waals surface area contributed by atoms with E-state index >= 15 is 0 Å². The normalized spacial score (nSPS) is 11.4. The van der Waals surface area contributed by atoms with Crippen molar-refractivity contribution < 1.29 is 14.3 Å². The average Bonchev–Trinajstić information content (AvgIpc) is 2.39. The number of hydrogen-bond donors (Lipinski definition) is 2. The molecule has 2 N–H and O–H groups in total. The molecule has 1 aromatic carbocycles. The molecule has 0 unspecified atom stereocenters. The second-order valence-corrected chi connectivity index (χ2v) is 4.62. The first-order valence-electron chi connectivity index (χ1n) is 5.88. The Labute approximate surface area is 111 Å². The third kappa shape index (κ3) is 3.43. The highest BCUT2D eigenvalue weighted by atomic mass is 35.5. The number of carbonyl (C=O) groups excluding carboxylic acids is 1. The predicted octanol–water partition coefficient (Wildman–Crippen LogP) is 2.76. The number of amides is 1. The van der Waals surface area contributed by atoms with E-state index in [0.29, 0.717) is 12.8 Å². The van der Waals surface area contributed by atoms with Gasteiger partial charge in [-0.1, -0.05) is 31.5 Å². The van der Waals surface area contributed by atoms with Gasteiger partial charge in [0.25, 0.3) is 5.91 Å². The summed E-state index contributed by atoms with van der Waals surface area (Å²) >= 11 is 5.60. The van der Waals surface area contributed by atoms with Crippen molar-refractivity contribution >= 4 is 17.5 Å². The van der Waals surface area contributed by atoms with Crippen molar-refractivity contribution in [3.63, 3.8) is 0 Å². The lowest BCUT2D eigenvalue weighted by Gasteiger charge is -2.25. The van der Waals surface area contributed by atoms with E-state index in [9.17, 15) is 14.3 Å². The highest BCUT2D eigenvalue weighted by Crippen LogP contribution is 2.18. The zero-order valence-electron chi connectivity index (χ0n) is 10.5. The summed E-state index contributed by atoms with van der Waals surface area (Å²) in [5.41, 5.74) is -1.07. The van der Waals surface area contributed by atoms with Crippen molar-refractivity contribution in [3.05, 3.63) is 34.6 Å². The minimum atomic E-state index is -0.954. The van der Waals surface area contributed by atoms with E-state index in [2.05, 4.69) is 5.32 Å². The number of aliphatic hydroxyl groups is 1. The average molecular weight is 274 g/mol. The van der Waals surface area contributed by atoms with Gasteiger partial charge in [0.1, 0.15) is 0 Å². The Morgan fingerprint density at radius 2 is 2.06 bits per heavy atom. The monoisotopic (exact) mass is 273 g/mol. The fourth-order valence-electron chi connectivity index (χ4n) is 1.52. The van der Waals surface area contributed by atoms with Gasteiger partial charge in [0.15, 0.2) is 5.82 Å². The SMILES string of the molecule is CCC(O)(CC)CNC(=O)c1cccc(Cl)c1F. The van der Waals surface area contributed by atoms with Crippen LogP contribution in [0.3, 0.4) is 0 Å². The van der Waals surface area contributed by atoms with E-state index in [-0.39, 0.29) is 17.1 Å². The van der Waals surface area contributed by atoms with Crippen LogP contribution in [0, 0.1) is 5.82 Å². The van der Waals surface area contributed by atoms with Gasteiger partial charge < -0.3 is 10.4 Å². The van der Waals surface area contributed by atoms with E-state index < -0.39 is 17.3 Å². The standard InChI is InChI=1S/C13H17ClFNO2/c1-3-13(18,4-2)8-16-12(17)9-6-5-7-10(14)11(9)15/h5-7,18H,3-4,8H2,1-2H3,(H,16,17). The first-order chi connectivity index (χ1) is 8.43. The summed E-state index contributed by atoms with van der Waals surface area (Å²) in [4.78, 5) is 11.8. The number of halogens is 2. The third-order valence-corrected chi connectivity index (χ3v) is 3.38. The fraction of sp³-hybridized carbons (Fsp3) is 0.462. The number of carbonyl (C=O) groups is 1. The van der Waals surface area contributed by atoms with Crippen LogP contribution in [0.5, 0.6) is 0 Å². The van der Waals surface area contributed by atoms with Gasteiger partial charge in [-0.3, -0.25) is 4.79 Å². The number of benzene rings is 1. The van der Waals surface area contributed by atoms with Crippen molar-refractivity contribution in [2.75, 3.05) is 6.54 Å². The molecule has 0 aliphatic heterocycles. The zero-order chi connectivity index (χ0) is 13.8. The number of rotatable bonds is 5. The van der Waals surface area contributed by atoms with Crippen LogP contribution in [-0.4, -0.2) is 23.2 Å². The summed E-state index contributed by atoms with van der Waals surface area (Å²) in [6, 6.07) is 4.24. The molecule has 0 bridgehead atoms. The topological polar surface area (TPSA) is 49.3 Å². The molecule has 0 fully saturated rings. The van der Waals surface area contributed by atoms with Crippen molar-refractivity contribution in [2.24, 2.45) is 0 Å². The molecule has 1 rings (SSSR count). The van der Waals surface area contributed by atoms with E-state index in [1.54, 1.807) is 0 Å². The molecule has 100 valence electrons. The second kappa shape index (κ2) is 6.16. The van der Waals surface area contributed by atoms with Crippen molar-refractivity contribution in [1.29, 1.82) is 0 Å². The van der Waals surface area contributed by atoms with Crippen LogP contribution in [-0.2, 0) is 0 Å². The maximum absolute atomic E-state index is 13.6. The van der Waals surface area contributed by atoms with Crippen LogP contribution in [0.1, 0.15) is 37.0 Å². The molecule has 0 aliphatic rings. The molecule has 0 saturated heterocycles. The molecule has 1 aromatic rings. The molecule has 0 spiro atoms. The highest BCUT2D eigenvalue weighted by Gasteiger charge is 2.24. The maximum Gasteiger partial charge on any atom is 0.254 e. The third-order valence-electron chi connectivity index (χ3n) is 3.09. The Morgan fingerprint density at radius 1 is 1.44 bits per heavy atom. The van der Waals surface area contributed by atoms with Crippen LogP contribution in [0.15, 0.2) is 18.2 Å². The number of nitrogens with one attached hydrogen (secondary N) is 1. The van der Waals surface area contributed by atoms with E-state index in [1.807, 2.05) is 13.8 Å². The molecular weight excluding hydrogens is 257 g/mol. The molecule has 0 aromatic heterocycles. The summed E-state index contributed by atoms with van der Waals surface area (Å²) in [5, 5.41) is 12.4. The maximum atomic E-state index is 13.6. The van der Waals surface area contributed by atoms with Gasteiger partial charge in [0.2, 0.25) is 0 Å². The van der Waals surface area contributed by atoms with Gasteiger partial charge in [-0.15, -0.1) is 0 Å². The van der Waals surface area contributed by atoms with E-state index in [1.165, 1.54) is 18.2 Å². The molecule has 0 saturated carbocycles. The molecule has 18 heavy (non-hydrogen) atoms. The van der Waals surface area contributed by atoms with Gasteiger partial charge in [0, 0.05) is 6.54 Å². The molecule has 0 heterocycles. The lowest BCUT2D eigenvalue weighted by Crippen LogP contribution is -2.42. The second-order valence-electron chi connectivity index (χ2n) is 4.22. The summed E-state index contributed by atoms with van der Waals surface area (Å²) < 4.78 is 13.6. The quantitative estimate of drug-likeness (QED) is 0.867. The Bertz CT molecular complexity index is 433. The minimum Gasteiger partial charge on any atom is -0.388 e. The Hall–Kier alpha value is -1.13. The summed E-state index contributed by atoms with van der Waals surface area (Å²) in [7, 11) is 0. The fourth-order valence-corrected chi connectivity index (χ4v) is 1.69. The first kappa shape index (κ1) is 14.9. The molecule has 3 nitrogen and oxygen atoms in total. The van der Waals surface area contributed by atoms with Gasteiger partial charge in [-0.2, -0.15) is 0 Å². The van der Waals surface area contributed by atoms with Crippen molar-refractivity contribution in [2.45, 2.75) is 32.3 Å². The summed E-state index contributed by atoms with van der Waals surface area (Å²) in [6.45, 7) is 3.75. The Balaban J connectivity index is 2.75. The molecular formula is C13H17ClFNO2.